The molecule has 1 unspecified atom stereocenters. The summed E-state index contributed by atoms with van der Waals surface area (Å²) in [5.74, 6) is -0.454. The van der Waals surface area contributed by atoms with E-state index in [9.17, 15) is 17.4 Å². The zero-order valence-corrected chi connectivity index (χ0v) is 15.5. The first-order chi connectivity index (χ1) is 12.5. The van der Waals surface area contributed by atoms with E-state index in [4.69, 9.17) is 21.5 Å². The van der Waals surface area contributed by atoms with Gasteiger partial charge in [-0.25, -0.2) is 14.1 Å². The predicted octanol–water partition coefficient (Wildman–Crippen LogP) is 3.80. The van der Waals surface area contributed by atoms with Crippen molar-refractivity contribution >= 4 is 21.5 Å². The molecule has 27 heavy (non-hydrogen) atoms. The molecule has 3 rings (SSSR count). The number of halogens is 4. The maximum Gasteiger partial charge on any atom is 0.573 e. The van der Waals surface area contributed by atoms with Crippen molar-refractivity contribution in [3.63, 3.8) is 0 Å². The minimum Gasteiger partial charge on any atom is -0.406 e. The molecule has 1 heterocycles. The Morgan fingerprint density at radius 2 is 1.89 bits per heavy atom. The van der Waals surface area contributed by atoms with Crippen molar-refractivity contribution in [1.29, 1.82) is 4.78 Å². The van der Waals surface area contributed by atoms with Crippen LogP contribution in [0.4, 0.5) is 13.2 Å². The van der Waals surface area contributed by atoms with Gasteiger partial charge < -0.3 is 10.1 Å². The first-order valence-corrected chi connectivity index (χ1v) is 9.95. The fourth-order valence-electron chi connectivity index (χ4n) is 3.44. The van der Waals surface area contributed by atoms with Crippen LogP contribution >= 0.6 is 11.6 Å². The van der Waals surface area contributed by atoms with Gasteiger partial charge in [-0.15, -0.1) is 13.2 Å². The van der Waals surface area contributed by atoms with Gasteiger partial charge in [0.05, 0.1) is 4.90 Å². The van der Waals surface area contributed by atoms with E-state index in [1.807, 2.05) is 0 Å². The molecule has 0 aliphatic carbocycles. The van der Waals surface area contributed by atoms with Gasteiger partial charge in [-0.1, -0.05) is 23.7 Å². The van der Waals surface area contributed by atoms with Crippen LogP contribution in [-0.2, 0) is 15.3 Å². The molecule has 4 N–H and O–H groups in total. The first-order valence-electron chi connectivity index (χ1n) is 7.95. The maximum atomic E-state index is 12.7. The summed E-state index contributed by atoms with van der Waals surface area (Å²) < 4.78 is 62.2. The van der Waals surface area contributed by atoms with Crippen LogP contribution < -0.4 is 15.2 Å². The highest BCUT2D eigenvalue weighted by Gasteiger charge is 2.41. The number of hydrogen-bond donors (Lipinski definition) is 3. The molecule has 5 nitrogen and oxygen atoms in total. The SMILES string of the molecule is N=S(N)(=O)c1ccc(OC(F)(F)F)cc1[C@@]1(c2ccc(Cl)cc2)CCNC1. The van der Waals surface area contributed by atoms with E-state index in [2.05, 4.69) is 10.1 Å². The third-order valence-electron chi connectivity index (χ3n) is 4.58. The van der Waals surface area contributed by atoms with E-state index in [0.717, 1.165) is 11.6 Å². The molecular formula is C17H17ClF3N3O2S. The molecule has 2 aromatic carbocycles. The number of alkyl halides is 3. The van der Waals surface area contributed by atoms with Crippen LogP contribution in [-0.4, -0.2) is 23.7 Å². The summed E-state index contributed by atoms with van der Waals surface area (Å²) >= 11 is 5.95. The van der Waals surface area contributed by atoms with Crippen molar-refractivity contribution in [3.8, 4) is 5.75 Å². The highest BCUT2D eigenvalue weighted by molar-refractivity contribution is 7.90. The van der Waals surface area contributed by atoms with Crippen LogP contribution in [0.15, 0.2) is 47.4 Å². The van der Waals surface area contributed by atoms with E-state index >= 15 is 0 Å². The predicted molar refractivity (Wildman–Crippen MR) is 96.2 cm³/mol. The first kappa shape index (κ1) is 19.9. The van der Waals surface area contributed by atoms with Crippen molar-refractivity contribution in [3.05, 3.63) is 58.6 Å². The fourth-order valence-corrected chi connectivity index (χ4v) is 4.41. The van der Waals surface area contributed by atoms with Gasteiger partial charge in [0, 0.05) is 17.0 Å². The average molecular weight is 420 g/mol. The van der Waals surface area contributed by atoms with Crippen molar-refractivity contribution in [2.45, 2.75) is 23.1 Å². The van der Waals surface area contributed by atoms with Gasteiger partial charge in [0.25, 0.3) is 0 Å². The van der Waals surface area contributed by atoms with Gasteiger partial charge in [0.15, 0.2) is 0 Å². The fraction of sp³-hybridized carbons (Fsp3) is 0.294. The van der Waals surface area contributed by atoms with Crippen LogP contribution in [0.25, 0.3) is 0 Å². The molecule has 0 bridgehead atoms. The van der Waals surface area contributed by atoms with Crippen molar-refractivity contribution in [1.82, 2.24) is 5.32 Å². The Morgan fingerprint density at radius 3 is 2.41 bits per heavy atom. The number of nitrogens with two attached hydrogens (primary N) is 1. The van der Waals surface area contributed by atoms with Gasteiger partial charge in [-0.3, -0.25) is 0 Å². The van der Waals surface area contributed by atoms with Gasteiger partial charge in [-0.2, -0.15) is 0 Å². The summed E-state index contributed by atoms with van der Waals surface area (Å²) in [5.41, 5.74) is 0.235. The lowest BCUT2D eigenvalue weighted by atomic mass is 9.74. The molecule has 1 fully saturated rings. The van der Waals surface area contributed by atoms with Gasteiger partial charge >= 0.3 is 6.36 Å². The number of hydrogen-bond acceptors (Lipinski definition) is 4. The Bertz CT molecular complexity index is 941. The van der Waals surface area contributed by atoms with Crippen LogP contribution in [0.3, 0.4) is 0 Å². The standard InChI is InChI=1S/C17H17ClF3N3O2S/c18-12-3-1-11(2-4-12)16(7-8-24-10-16)14-9-13(26-17(19,20)21)5-6-15(14)27(22,23)25/h1-6,9,24H,7-8,10H2,(H3,22,23,25)/t16-/m0/s1. The number of rotatable bonds is 4. The average Bonchev–Trinajstić information content (AvgIpc) is 3.03. The van der Waals surface area contributed by atoms with Gasteiger partial charge in [0.2, 0.25) is 0 Å². The van der Waals surface area contributed by atoms with E-state index in [-0.39, 0.29) is 10.5 Å². The van der Waals surface area contributed by atoms with Crippen LogP contribution in [0, 0.1) is 4.78 Å². The number of benzene rings is 2. The van der Waals surface area contributed by atoms with Gasteiger partial charge in [0.1, 0.15) is 15.7 Å². The Hall–Kier alpha value is -1.81. The molecule has 0 saturated carbocycles. The van der Waals surface area contributed by atoms with Crippen molar-refractivity contribution in [2.24, 2.45) is 5.14 Å². The highest BCUT2D eigenvalue weighted by Crippen LogP contribution is 2.43. The molecule has 0 aromatic heterocycles. The molecule has 10 heteroatoms. The van der Waals surface area contributed by atoms with E-state index in [1.165, 1.54) is 12.1 Å². The summed E-state index contributed by atoms with van der Waals surface area (Å²) in [6.45, 7) is 0.975. The summed E-state index contributed by atoms with van der Waals surface area (Å²) in [5, 5.41) is 9.25. The Labute approximate surface area is 159 Å². The smallest absolute Gasteiger partial charge is 0.406 e. The minimum absolute atomic E-state index is 0.0179. The maximum absolute atomic E-state index is 12.7. The normalized spacial score (nSPS) is 22.4. The number of ether oxygens (including phenoxy) is 1. The Balaban J connectivity index is 2.24. The molecule has 1 saturated heterocycles. The molecule has 0 amide bonds. The quantitative estimate of drug-likeness (QED) is 0.704. The van der Waals surface area contributed by atoms with Crippen molar-refractivity contribution in [2.75, 3.05) is 13.1 Å². The lowest BCUT2D eigenvalue weighted by Crippen LogP contribution is -2.33. The molecule has 0 spiro atoms. The second kappa shape index (κ2) is 6.97. The summed E-state index contributed by atoms with van der Waals surface area (Å²) in [6, 6.07) is 10.2. The zero-order valence-electron chi connectivity index (χ0n) is 14.0. The Kier molecular flexibility index (Phi) is 5.15. The summed E-state index contributed by atoms with van der Waals surface area (Å²) in [4.78, 5) is -0.0179. The molecule has 0 radical (unpaired) electrons. The monoisotopic (exact) mass is 419 g/mol. The second-order valence-electron chi connectivity index (χ2n) is 6.32. The number of nitrogens with one attached hydrogen (secondary N) is 2. The largest absolute Gasteiger partial charge is 0.573 e. The van der Waals surface area contributed by atoms with E-state index in [1.54, 1.807) is 24.3 Å². The summed E-state index contributed by atoms with van der Waals surface area (Å²) in [7, 11) is -3.68. The molecule has 1 aliphatic rings. The lowest BCUT2D eigenvalue weighted by molar-refractivity contribution is -0.274. The molecule has 1 aliphatic heterocycles. The topological polar surface area (TPSA) is 88.2 Å². The Morgan fingerprint density at radius 1 is 1.22 bits per heavy atom. The van der Waals surface area contributed by atoms with Crippen LogP contribution in [0.5, 0.6) is 5.75 Å². The molecular weight excluding hydrogens is 403 g/mol. The third kappa shape index (κ3) is 4.21. The van der Waals surface area contributed by atoms with Crippen LogP contribution in [0.1, 0.15) is 17.5 Å². The van der Waals surface area contributed by atoms with Crippen molar-refractivity contribution < 1.29 is 22.1 Å². The van der Waals surface area contributed by atoms with E-state index < -0.39 is 27.4 Å². The van der Waals surface area contributed by atoms with Gasteiger partial charge in [-0.05, 0) is 54.4 Å². The highest BCUT2D eigenvalue weighted by atomic mass is 35.5. The van der Waals surface area contributed by atoms with Crippen LogP contribution in [0.2, 0.25) is 5.02 Å². The second-order valence-corrected chi connectivity index (χ2v) is 8.40. The van der Waals surface area contributed by atoms with E-state index in [0.29, 0.717) is 24.5 Å². The summed E-state index contributed by atoms with van der Waals surface area (Å²) in [6.07, 6.45) is -4.35. The molecule has 2 aromatic rings. The molecule has 2 atom stereocenters. The zero-order chi connectivity index (χ0) is 19.9. The minimum atomic E-state index is -4.87. The lowest BCUT2D eigenvalue weighted by Gasteiger charge is -2.32. The molecule has 146 valence electrons. The third-order valence-corrected chi connectivity index (χ3v) is 5.84.